The first-order chi connectivity index (χ1) is 12.7. The number of para-hydroxylation sites is 2. The molecule has 2 unspecified atom stereocenters. The molecule has 1 saturated heterocycles. The molecule has 6 heteroatoms. The molecule has 1 aliphatic heterocycles. The summed E-state index contributed by atoms with van der Waals surface area (Å²) in [7, 11) is 0. The van der Waals surface area contributed by atoms with E-state index in [4.69, 9.17) is 0 Å². The van der Waals surface area contributed by atoms with Crippen molar-refractivity contribution in [1.29, 1.82) is 0 Å². The van der Waals surface area contributed by atoms with Crippen LogP contribution in [0.5, 0.6) is 0 Å². The lowest BCUT2D eigenvalue weighted by Crippen LogP contribution is -2.39. The van der Waals surface area contributed by atoms with E-state index in [1.807, 2.05) is 36.7 Å². The number of rotatable bonds is 5. The highest BCUT2D eigenvalue weighted by Gasteiger charge is 2.27. The Balaban J connectivity index is 1.35. The molecule has 2 heterocycles. The van der Waals surface area contributed by atoms with Crippen molar-refractivity contribution in [3.8, 4) is 0 Å². The molecule has 0 aliphatic carbocycles. The standard InChI is InChI=1S/C20H22N4O2/c25-16-9-18(21-11-16)20(26)22-10-14-5-7-15(8-6-14)12-24-13-23-17-3-1-2-4-19(17)24/h1-8,13,16,18,21,25H,9-12H2,(H,22,26). The molecule has 3 N–H and O–H groups in total. The van der Waals surface area contributed by atoms with Crippen LogP contribution in [-0.4, -0.2) is 39.3 Å². The van der Waals surface area contributed by atoms with Crippen LogP contribution >= 0.6 is 0 Å². The molecule has 1 aliphatic rings. The molecule has 1 amide bonds. The fraction of sp³-hybridized carbons (Fsp3) is 0.300. The number of hydrogen-bond donors (Lipinski definition) is 3. The summed E-state index contributed by atoms with van der Waals surface area (Å²) >= 11 is 0. The molecule has 0 spiro atoms. The molecule has 6 nitrogen and oxygen atoms in total. The smallest absolute Gasteiger partial charge is 0.237 e. The predicted octanol–water partition coefficient (Wildman–Crippen LogP) is 1.42. The van der Waals surface area contributed by atoms with Crippen molar-refractivity contribution in [3.05, 3.63) is 66.0 Å². The molecule has 0 bridgehead atoms. The van der Waals surface area contributed by atoms with Crippen LogP contribution in [0.15, 0.2) is 54.9 Å². The number of carbonyl (C=O) groups is 1. The van der Waals surface area contributed by atoms with Gasteiger partial charge in [-0.15, -0.1) is 0 Å². The molecule has 2 atom stereocenters. The SMILES string of the molecule is O=C(NCc1ccc(Cn2cnc3ccccc32)cc1)C1CC(O)CN1. The molecule has 3 aromatic rings. The van der Waals surface area contributed by atoms with E-state index in [0.29, 0.717) is 19.5 Å². The molecular formula is C20H22N4O2. The topological polar surface area (TPSA) is 79.2 Å². The first kappa shape index (κ1) is 16.8. The van der Waals surface area contributed by atoms with E-state index in [9.17, 15) is 9.90 Å². The average molecular weight is 350 g/mol. The maximum atomic E-state index is 12.1. The maximum absolute atomic E-state index is 12.1. The molecular weight excluding hydrogens is 328 g/mol. The van der Waals surface area contributed by atoms with Gasteiger partial charge in [-0.25, -0.2) is 4.98 Å². The van der Waals surface area contributed by atoms with Crippen LogP contribution in [0.25, 0.3) is 11.0 Å². The third-order valence-corrected chi connectivity index (χ3v) is 4.79. The number of carbonyl (C=O) groups excluding carboxylic acids is 1. The molecule has 26 heavy (non-hydrogen) atoms. The predicted molar refractivity (Wildman–Crippen MR) is 99.5 cm³/mol. The Labute approximate surface area is 151 Å². The molecule has 0 saturated carbocycles. The highest BCUT2D eigenvalue weighted by atomic mass is 16.3. The Kier molecular flexibility index (Phi) is 4.69. The fourth-order valence-corrected chi connectivity index (χ4v) is 3.32. The molecule has 1 aromatic heterocycles. The Morgan fingerprint density at radius 2 is 1.96 bits per heavy atom. The van der Waals surface area contributed by atoms with Crippen molar-refractivity contribution in [2.24, 2.45) is 0 Å². The van der Waals surface area contributed by atoms with Crippen LogP contribution < -0.4 is 10.6 Å². The van der Waals surface area contributed by atoms with Gasteiger partial charge in [-0.3, -0.25) is 4.79 Å². The number of imidazole rings is 1. The number of fused-ring (bicyclic) bond motifs is 1. The normalized spacial score (nSPS) is 19.7. The summed E-state index contributed by atoms with van der Waals surface area (Å²) < 4.78 is 2.13. The monoisotopic (exact) mass is 350 g/mol. The van der Waals surface area contributed by atoms with Crippen molar-refractivity contribution in [2.45, 2.75) is 31.7 Å². The highest BCUT2D eigenvalue weighted by Crippen LogP contribution is 2.14. The molecule has 134 valence electrons. The van der Waals surface area contributed by atoms with Gasteiger partial charge >= 0.3 is 0 Å². The van der Waals surface area contributed by atoms with Crippen molar-refractivity contribution in [3.63, 3.8) is 0 Å². The summed E-state index contributed by atoms with van der Waals surface area (Å²) in [4.78, 5) is 16.5. The number of aromatic nitrogens is 2. The largest absolute Gasteiger partial charge is 0.392 e. The number of aliphatic hydroxyl groups is 1. The zero-order valence-corrected chi connectivity index (χ0v) is 14.4. The summed E-state index contributed by atoms with van der Waals surface area (Å²) in [5, 5.41) is 15.4. The number of aliphatic hydroxyl groups excluding tert-OH is 1. The Morgan fingerprint density at radius 3 is 2.73 bits per heavy atom. The number of benzene rings is 2. The average Bonchev–Trinajstić information content (AvgIpc) is 3.28. The van der Waals surface area contributed by atoms with Crippen molar-refractivity contribution >= 4 is 16.9 Å². The fourth-order valence-electron chi connectivity index (χ4n) is 3.32. The van der Waals surface area contributed by atoms with Crippen molar-refractivity contribution < 1.29 is 9.90 Å². The number of β-amino-alcohol motifs (C(OH)–C–C–N with tert-alkyl or cyclic N) is 1. The minimum Gasteiger partial charge on any atom is -0.392 e. The second kappa shape index (κ2) is 7.27. The second-order valence-electron chi connectivity index (χ2n) is 6.75. The van der Waals surface area contributed by atoms with Gasteiger partial charge in [0.1, 0.15) is 0 Å². The number of hydrogen-bond acceptors (Lipinski definition) is 4. The summed E-state index contributed by atoms with van der Waals surface area (Å²) in [6.45, 7) is 1.73. The summed E-state index contributed by atoms with van der Waals surface area (Å²) in [6, 6.07) is 16.0. The molecule has 2 aromatic carbocycles. The van der Waals surface area contributed by atoms with Crippen LogP contribution in [-0.2, 0) is 17.9 Å². The van der Waals surface area contributed by atoms with Gasteiger partial charge < -0.3 is 20.3 Å². The Bertz CT molecular complexity index is 904. The van der Waals surface area contributed by atoms with E-state index < -0.39 is 6.10 Å². The molecule has 1 fully saturated rings. The zero-order chi connectivity index (χ0) is 17.9. The second-order valence-corrected chi connectivity index (χ2v) is 6.75. The van der Waals surface area contributed by atoms with Gasteiger partial charge in [0.05, 0.1) is 29.5 Å². The van der Waals surface area contributed by atoms with Crippen LogP contribution in [0.1, 0.15) is 17.5 Å². The Morgan fingerprint density at radius 1 is 1.19 bits per heavy atom. The number of amides is 1. The van der Waals surface area contributed by atoms with E-state index in [-0.39, 0.29) is 11.9 Å². The van der Waals surface area contributed by atoms with Crippen molar-refractivity contribution in [1.82, 2.24) is 20.2 Å². The molecule has 0 radical (unpaired) electrons. The summed E-state index contributed by atoms with van der Waals surface area (Å²) in [5.41, 5.74) is 4.35. The van der Waals surface area contributed by atoms with Crippen LogP contribution in [0.2, 0.25) is 0 Å². The van der Waals surface area contributed by atoms with Gasteiger partial charge in [0.2, 0.25) is 5.91 Å². The maximum Gasteiger partial charge on any atom is 0.237 e. The van der Waals surface area contributed by atoms with E-state index in [1.165, 1.54) is 5.56 Å². The quantitative estimate of drug-likeness (QED) is 0.650. The van der Waals surface area contributed by atoms with Gasteiger partial charge in [0, 0.05) is 19.6 Å². The summed E-state index contributed by atoms with van der Waals surface area (Å²) in [5.74, 6) is -0.0597. The lowest BCUT2D eigenvalue weighted by atomic mass is 10.1. The van der Waals surface area contributed by atoms with Crippen LogP contribution in [0, 0.1) is 0 Å². The minimum absolute atomic E-state index is 0.0597. The van der Waals surface area contributed by atoms with Gasteiger partial charge in [0.15, 0.2) is 0 Å². The van der Waals surface area contributed by atoms with Crippen LogP contribution in [0.3, 0.4) is 0 Å². The lowest BCUT2D eigenvalue weighted by molar-refractivity contribution is -0.123. The van der Waals surface area contributed by atoms with E-state index in [2.05, 4.69) is 38.4 Å². The number of nitrogens with zero attached hydrogens (tertiary/aromatic N) is 2. The number of nitrogens with one attached hydrogen (secondary N) is 2. The zero-order valence-electron chi connectivity index (χ0n) is 14.4. The molecule has 4 rings (SSSR count). The van der Waals surface area contributed by atoms with Gasteiger partial charge in [-0.1, -0.05) is 36.4 Å². The summed E-state index contributed by atoms with van der Waals surface area (Å²) in [6.07, 6.45) is 1.91. The van der Waals surface area contributed by atoms with Gasteiger partial charge in [-0.05, 0) is 29.7 Å². The highest BCUT2D eigenvalue weighted by molar-refractivity contribution is 5.82. The third-order valence-electron chi connectivity index (χ3n) is 4.79. The van der Waals surface area contributed by atoms with Gasteiger partial charge in [0.25, 0.3) is 0 Å². The van der Waals surface area contributed by atoms with Crippen molar-refractivity contribution in [2.75, 3.05) is 6.54 Å². The van der Waals surface area contributed by atoms with E-state index >= 15 is 0 Å². The van der Waals surface area contributed by atoms with Gasteiger partial charge in [-0.2, -0.15) is 0 Å². The van der Waals surface area contributed by atoms with E-state index in [0.717, 1.165) is 23.1 Å². The first-order valence-corrected chi connectivity index (χ1v) is 8.86. The first-order valence-electron chi connectivity index (χ1n) is 8.86. The minimum atomic E-state index is -0.427. The van der Waals surface area contributed by atoms with Crippen LogP contribution in [0.4, 0.5) is 0 Å². The lowest BCUT2D eigenvalue weighted by Gasteiger charge is -2.11. The third kappa shape index (κ3) is 3.61. The Hall–Kier alpha value is -2.70. The van der Waals surface area contributed by atoms with E-state index in [1.54, 1.807) is 0 Å².